The number of aliphatic carboxylic acids is 1. The fourth-order valence-corrected chi connectivity index (χ4v) is 4.74. The standard InChI is InChI=1S/C31H34N2O6/c1-5-6-15-39-24-12-9-20(10-13-24)29(34)32-23-11-14-25(27(17-23)38-4)21-7-8-22-18-33(30(35)26(22)16-21)28(19(2)3)31(36)37/h7-14,16-17,19,28H,5-6,15,18H2,1-4H3,(H,32,34)(H,36,37). The number of rotatable bonds is 11. The van der Waals surface area contributed by atoms with Crippen molar-refractivity contribution in [3.63, 3.8) is 0 Å². The smallest absolute Gasteiger partial charge is 0.326 e. The van der Waals surface area contributed by atoms with Crippen LogP contribution in [0.25, 0.3) is 11.1 Å². The summed E-state index contributed by atoms with van der Waals surface area (Å²) < 4.78 is 11.3. The Hall–Kier alpha value is -4.33. The Morgan fingerprint density at radius 1 is 1.03 bits per heavy atom. The SMILES string of the molecule is CCCCOc1ccc(C(=O)Nc2ccc(-c3ccc4c(c3)C(=O)N(C(C(=O)O)C(C)C)C4)c(OC)c2)cc1. The van der Waals surface area contributed by atoms with Gasteiger partial charge in [-0.25, -0.2) is 4.79 Å². The van der Waals surface area contributed by atoms with Crippen molar-refractivity contribution in [1.82, 2.24) is 4.90 Å². The number of ether oxygens (including phenoxy) is 2. The van der Waals surface area contributed by atoms with E-state index in [1.54, 1.807) is 63.4 Å². The molecule has 204 valence electrons. The van der Waals surface area contributed by atoms with E-state index in [1.807, 2.05) is 18.2 Å². The molecule has 0 spiro atoms. The van der Waals surface area contributed by atoms with E-state index in [1.165, 1.54) is 4.90 Å². The molecule has 1 unspecified atom stereocenters. The third-order valence-corrected chi connectivity index (χ3v) is 6.82. The number of hydrogen-bond acceptors (Lipinski definition) is 5. The van der Waals surface area contributed by atoms with Gasteiger partial charge in [0.1, 0.15) is 17.5 Å². The van der Waals surface area contributed by atoms with Crippen LogP contribution in [0.3, 0.4) is 0 Å². The van der Waals surface area contributed by atoms with Crippen LogP contribution in [0.4, 0.5) is 5.69 Å². The van der Waals surface area contributed by atoms with Crippen molar-refractivity contribution in [1.29, 1.82) is 0 Å². The van der Waals surface area contributed by atoms with Crippen LogP contribution < -0.4 is 14.8 Å². The first-order valence-corrected chi connectivity index (χ1v) is 13.1. The molecule has 0 aromatic heterocycles. The third kappa shape index (κ3) is 6.06. The third-order valence-electron chi connectivity index (χ3n) is 6.82. The molecule has 2 N–H and O–H groups in total. The maximum atomic E-state index is 13.2. The highest BCUT2D eigenvalue weighted by atomic mass is 16.5. The molecule has 8 nitrogen and oxygen atoms in total. The second-order valence-electron chi connectivity index (χ2n) is 9.93. The number of amides is 2. The number of nitrogens with zero attached hydrogens (tertiary/aromatic N) is 1. The minimum absolute atomic E-state index is 0.222. The molecule has 0 radical (unpaired) electrons. The molecule has 1 atom stereocenters. The molecule has 39 heavy (non-hydrogen) atoms. The zero-order valence-corrected chi connectivity index (χ0v) is 22.7. The fourth-order valence-electron chi connectivity index (χ4n) is 4.74. The second kappa shape index (κ2) is 12.0. The zero-order valence-electron chi connectivity index (χ0n) is 22.7. The minimum Gasteiger partial charge on any atom is -0.496 e. The number of fused-ring (bicyclic) bond motifs is 1. The molecule has 8 heteroatoms. The van der Waals surface area contributed by atoms with E-state index in [9.17, 15) is 19.5 Å². The summed E-state index contributed by atoms with van der Waals surface area (Å²) in [6, 6.07) is 17.0. The average molecular weight is 531 g/mol. The summed E-state index contributed by atoms with van der Waals surface area (Å²) in [5, 5.41) is 12.6. The van der Waals surface area contributed by atoms with Gasteiger partial charge >= 0.3 is 5.97 Å². The number of nitrogens with one attached hydrogen (secondary N) is 1. The molecule has 0 saturated carbocycles. The average Bonchev–Trinajstić information content (AvgIpc) is 3.23. The summed E-state index contributed by atoms with van der Waals surface area (Å²) in [6.07, 6.45) is 2.03. The molecule has 1 heterocycles. The highest BCUT2D eigenvalue weighted by Crippen LogP contribution is 2.36. The monoisotopic (exact) mass is 530 g/mol. The molecular formula is C31H34N2O6. The van der Waals surface area contributed by atoms with Crippen molar-refractivity contribution in [2.24, 2.45) is 5.92 Å². The normalized spacial score (nSPS) is 13.3. The summed E-state index contributed by atoms with van der Waals surface area (Å²) in [5.74, 6) is -0.532. The first kappa shape index (κ1) is 27.7. The molecule has 3 aromatic rings. The molecule has 1 aliphatic rings. The quantitative estimate of drug-likeness (QED) is 0.301. The number of benzene rings is 3. The lowest BCUT2D eigenvalue weighted by molar-refractivity contribution is -0.144. The second-order valence-corrected chi connectivity index (χ2v) is 9.93. The molecule has 0 aliphatic carbocycles. The van der Waals surface area contributed by atoms with Crippen molar-refractivity contribution in [3.05, 3.63) is 77.4 Å². The number of unbranched alkanes of at least 4 members (excludes halogenated alkanes) is 1. The molecule has 3 aromatic carbocycles. The summed E-state index contributed by atoms with van der Waals surface area (Å²) in [5.41, 5.74) is 3.85. The summed E-state index contributed by atoms with van der Waals surface area (Å²) in [7, 11) is 1.54. The summed E-state index contributed by atoms with van der Waals surface area (Å²) in [4.78, 5) is 39.2. The van der Waals surface area contributed by atoms with Gasteiger partial charge < -0.3 is 24.8 Å². The topological polar surface area (TPSA) is 105 Å². The molecule has 0 saturated heterocycles. The summed E-state index contributed by atoms with van der Waals surface area (Å²) >= 11 is 0. The Labute approximate surface area is 228 Å². The van der Waals surface area contributed by atoms with Crippen LogP contribution in [-0.2, 0) is 11.3 Å². The van der Waals surface area contributed by atoms with Crippen LogP contribution in [0.1, 0.15) is 59.9 Å². The van der Waals surface area contributed by atoms with Crippen LogP contribution in [0.2, 0.25) is 0 Å². The number of carbonyl (C=O) groups is 3. The predicted octanol–water partition coefficient (Wildman–Crippen LogP) is 5.86. The number of methoxy groups -OCH3 is 1. The van der Waals surface area contributed by atoms with E-state index in [2.05, 4.69) is 12.2 Å². The Morgan fingerprint density at radius 2 is 1.77 bits per heavy atom. The van der Waals surface area contributed by atoms with Crippen LogP contribution in [0.5, 0.6) is 11.5 Å². The van der Waals surface area contributed by atoms with Gasteiger partial charge in [-0.15, -0.1) is 0 Å². The number of carbonyl (C=O) groups excluding carboxylic acids is 2. The van der Waals surface area contributed by atoms with Gasteiger partial charge in [-0.05, 0) is 65.9 Å². The van der Waals surface area contributed by atoms with Crippen molar-refractivity contribution in [2.45, 2.75) is 46.2 Å². The van der Waals surface area contributed by atoms with Crippen molar-refractivity contribution in [2.75, 3.05) is 19.0 Å². The van der Waals surface area contributed by atoms with Crippen molar-refractivity contribution in [3.8, 4) is 22.6 Å². The predicted molar refractivity (Wildman–Crippen MR) is 149 cm³/mol. The molecule has 1 aliphatic heterocycles. The van der Waals surface area contributed by atoms with Crippen LogP contribution in [0.15, 0.2) is 60.7 Å². The maximum absolute atomic E-state index is 13.2. The van der Waals surface area contributed by atoms with Gasteiger partial charge in [-0.2, -0.15) is 0 Å². The van der Waals surface area contributed by atoms with E-state index < -0.39 is 12.0 Å². The summed E-state index contributed by atoms with van der Waals surface area (Å²) in [6.45, 7) is 6.60. The molecule has 0 bridgehead atoms. The van der Waals surface area contributed by atoms with Gasteiger partial charge in [-0.3, -0.25) is 9.59 Å². The van der Waals surface area contributed by atoms with Crippen LogP contribution >= 0.6 is 0 Å². The number of anilines is 1. The molecule has 2 amide bonds. The van der Waals surface area contributed by atoms with Gasteiger partial charge in [0.05, 0.1) is 13.7 Å². The van der Waals surface area contributed by atoms with E-state index in [0.717, 1.165) is 35.3 Å². The van der Waals surface area contributed by atoms with E-state index in [4.69, 9.17) is 9.47 Å². The van der Waals surface area contributed by atoms with Gasteiger partial charge in [0.25, 0.3) is 11.8 Å². The van der Waals surface area contributed by atoms with Gasteiger partial charge in [0.15, 0.2) is 0 Å². The van der Waals surface area contributed by atoms with Gasteiger partial charge in [0.2, 0.25) is 0 Å². The zero-order chi connectivity index (χ0) is 28.1. The van der Waals surface area contributed by atoms with Crippen molar-refractivity contribution >= 4 is 23.5 Å². The number of hydrogen-bond donors (Lipinski definition) is 2. The van der Waals surface area contributed by atoms with E-state index in [0.29, 0.717) is 29.2 Å². The largest absolute Gasteiger partial charge is 0.496 e. The Kier molecular flexibility index (Phi) is 8.54. The minimum atomic E-state index is -1.01. The van der Waals surface area contributed by atoms with Crippen LogP contribution in [0, 0.1) is 5.92 Å². The highest BCUT2D eigenvalue weighted by molar-refractivity contribution is 6.05. The lowest BCUT2D eigenvalue weighted by Crippen LogP contribution is -2.44. The fraction of sp³-hybridized carbons (Fsp3) is 0.323. The Bertz CT molecular complexity index is 1370. The first-order valence-electron chi connectivity index (χ1n) is 13.1. The highest BCUT2D eigenvalue weighted by Gasteiger charge is 2.38. The van der Waals surface area contributed by atoms with Crippen molar-refractivity contribution < 1.29 is 29.0 Å². The van der Waals surface area contributed by atoms with E-state index >= 15 is 0 Å². The van der Waals surface area contributed by atoms with Gasteiger partial charge in [-0.1, -0.05) is 39.3 Å². The van der Waals surface area contributed by atoms with Crippen LogP contribution in [-0.4, -0.2) is 47.5 Å². The van der Waals surface area contributed by atoms with Gasteiger partial charge in [0, 0.05) is 35.0 Å². The lowest BCUT2D eigenvalue weighted by Gasteiger charge is -2.27. The maximum Gasteiger partial charge on any atom is 0.326 e. The Balaban J connectivity index is 1.51. The molecular weight excluding hydrogens is 496 g/mol. The molecule has 0 fully saturated rings. The number of carboxylic acid groups (broad SMARTS) is 1. The Morgan fingerprint density at radius 3 is 2.41 bits per heavy atom. The first-order chi connectivity index (χ1) is 18.7. The number of carboxylic acids is 1. The lowest BCUT2D eigenvalue weighted by atomic mass is 9.99. The van der Waals surface area contributed by atoms with E-state index in [-0.39, 0.29) is 24.3 Å². The molecule has 4 rings (SSSR count).